The fraction of sp³-hybridized carbons (Fsp3) is 0.250. The number of nitro groups is 1. The van der Waals surface area contributed by atoms with Gasteiger partial charge in [0, 0.05) is 0 Å². The first-order chi connectivity index (χ1) is 6.97. The standard InChI is InChI=1S/C8H9NO5S/c10-8(9(11)12,6-15(13)14)7-4-2-1-3-5-7/h1-5,10H,6H2,(H,13,14)/p-1. The highest BCUT2D eigenvalue weighted by atomic mass is 32.2. The Balaban J connectivity index is 3.13. The molecule has 0 aromatic heterocycles. The van der Waals surface area contributed by atoms with Gasteiger partial charge in [0.1, 0.15) is 5.75 Å². The number of nitrogens with zero attached hydrogens (tertiary/aromatic N) is 1. The van der Waals surface area contributed by atoms with Gasteiger partial charge in [0.15, 0.2) is 0 Å². The molecule has 1 aromatic carbocycles. The molecule has 6 nitrogen and oxygen atoms in total. The van der Waals surface area contributed by atoms with Crippen molar-refractivity contribution < 1.29 is 18.8 Å². The summed E-state index contributed by atoms with van der Waals surface area (Å²) in [7, 11) is 0. The third-order valence-electron chi connectivity index (χ3n) is 1.86. The molecule has 0 aliphatic heterocycles. The van der Waals surface area contributed by atoms with Crippen molar-refractivity contribution in [2.24, 2.45) is 0 Å². The van der Waals surface area contributed by atoms with Crippen LogP contribution in [0.2, 0.25) is 0 Å². The van der Waals surface area contributed by atoms with E-state index >= 15 is 0 Å². The fourth-order valence-electron chi connectivity index (χ4n) is 1.11. The minimum atomic E-state index is -2.70. The molecule has 0 fully saturated rings. The van der Waals surface area contributed by atoms with E-state index < -0.39 is 27.5 Å². The van der Waals surface area contributed by atoms with Gasteiger partial charge >= 0.3 is 5.72 Å². The summed E-state index contributed by atoms with van der Waals surface area (Å²) in [6.07, 6.45) is 0. The quantitative estimate of drug-likeness (QED) is 0.339. The Labute approximate surface area is 88.0 Å². The molecule has 0 amide bonds. The molecule has 0 saturated heterocycles. The van der Waals surface area contributed by atoms with Crippen LogP contribution < -0.4 is 0 Å². The van der Waals surface area contributed by atoms with Gasteiger partial charge in [0.2, 0.25) is 0 Å². The van der Waals surface area contributed by atoms with Gasteiger partial charge in [-0.1, -0.05) is 18.2 Å². The van der Waals surface area contributed by atoms with E-state index in [1.807, 2.05) is 0 Å². The molecule has 82 valence electrons. The lowest BCUT2D eigenvalue weighted by atomic mass is 10.1. The zero-order valence-corrected chi connectivity index (χ0v) is 8.35. The molecule has 1 N–H and O–H groups in total. The Kier molecular flexibility index (Phi) is 3.51. The first-order valence-corrected chi connectivity index (χ1v) is 5.19. The second kappa shape index (κ2) is 4.47. The lowest BCUT2D eigenvalue weighted by molar-refractivity contribution is -0.628. The van der Waals surface area contributed by atoms with E-state index in [2.05, 4.69) is 0 Å². The van der Waals surface area contributed by atoms with E-state index in [-0.39, 0.29) is 5.56 Å². The first-order valence-electron chi connectivity index (χ1n) is 3.95. The van der Waals surface area contributed by atoms with Crippen molar-refractivity contribution in [2.75, 3.05) is 5.75 Å². The van der Waals surface area contributed by atoms with Crippen molar-refractivity contribution in [3.05, 3.63) is 46.0 Å². The lowest BCUT2D eigenvalue weighted by Gasteiger charge is -2.20. The largest absolute Gasteiger partial charge is 0.772 e. The smallest absolute Gasteiger partial charge is 0.359 e. The highest BCUT2D eigenvalue weighted by Crippen LogP contribution is 2.22. The maximum Gasteiger partial charge on any atom is 0.359 e. The molecule has 0 saturated carbocycles. The van der Waals surface area contributed by atoms with Gasteiger partial charge in [0.05, 0.1) is 10.5 Å². The Morgan fingerprint density at radius 3 is 2.33 bits per heavy atom. The van der Waals surface area contributed by atoms with Crippen molar-refractivity contribution in [1.82, 2.24) is 0 Å². The number of hydrogen-bond acceptors (Lipinski definition) is 5. The number of aliphatic hydroxyl groups is 1. The van der Waals surface area contributed by atoms with Crippen molar-refractivity contribution in [1.29, 1.82) is 0 Å². The molecule has 0 radical (unpaired) electrons. The second-order valence-corrected chi connectivity index (χ2v) is 3.78. The van der Waals surface area contributed by atoms with Crippen LogP contribution in [-0.2, 0) is 16.8 Å². The van der Waals surface area contributed by atoms with Crippen LogP contribution >= 0.6 is 0 Å². The summed E-state index contributed by atoms with van der Waals surface area (Å²) < 4.78 is 20.9. The highest BCUT2D eigenvalue weighted by Gasteiger charge is 2.42. The van der Waals surface area contributed by atoms with E-state index in [9.17, 15) is 24.0 Å². The molecule has 0 spiro atoms. The molecule has 7 heteroatoms. The van der Waals surface area contributed by atoms with Gasteiger partial charge in [-0.15, -0.1) is 0 Å². The third-order valence-corrected chi connectivity index (χ3v) is 2.50. The van der Waals surface area contributed by atoms with Crippen LogP contribution in [0.25, 0.3) is 0 Å². The lowest BCUT2D eigenvalue weighted by Crippen LogP contribution is -2.40. The Bertz CT molecular complexity index is 382. The number of benzene rings is 1. The SMILES string of the molecule is O=[N+]([O-])C(O)(CS(=O)[O-])c1ccccc1. The molecule has 2 unspecified atom stereocenters. The fourth-order valence-corrected chi connectivity index (χ4v) is 1.71. The second-order valence-electron chi connectivity index (χ2n) is 2.89. The van der Waals surface area contributed by atoms with Crippen LogP contribution in [0.5, 0.6) is 0 Å². The average molecular weight is 230 g/mol. The van der Waals surface area contributed by atoms with Gasteiger partial charge in [-0.3, -0.25) is 14.3 Å². The summed E-state index contributed by atoms with van der Waals surface area (Å²) in [6.45, 7) is 0. The third kappa shape index (κ3) is 2.58. The van der Waals surface area contributed by atoms with Crippen LogP contribution in [0, 0.1) is 10.1 Å². The highest BCUT2D eigenvalue weighted by molar-refractivity contribution is 7.79. The summed E-state index contributed by atoms with van der Waals surface area (Å²) in [5, 5.41) is 20.3. The van der Waals surface area contributed by atoms with E-state index in [0.717, 1.165) is 0 Å². The van der Waals surface area contributed by atoms with E-state index in [0.29, 0.717) is 0 Å². The molecule has 1 rings (SSSR count). The molecule has 15 heavy (non-hydrogen) atoms. The van der Waals surface area contributed by atoms with Crippen molar-refractivity contribution in [3.8, 4) is 0 Å². The number of hydrogen-bond donors (Lipinski definition) is 1. The first kappa shape index (κ1) is 11.8. The molecular weight excluding hydrogens is 222 g/mol. The Hall–Kier alpha value is -1.31. The van der Waals surface area contributed by atoms with Gasteiger partial charge in [-0.2, -0.15) is 0 Å². The van der Waals surface area contributed by atoms with Gasteiger partial charge in [-0.05, 0) is 23.2 Å². The summed E-state index contributed by atoms with van der Waals surface area (Å²) >= 11 is -2.70. The van der Waals surface area contributed by atoms with Gasteiger partial charge in [0.25, 0.3) is 0 Å². The normalized spacial score (nSPS) is 16.7. The average Bonchev–Trinajstić information content (AvgIpc) is 2.17. The Morgan fingerprint density at radius 2 is 1.93 bits per heavy atom. The minimum Gasteiger partial charge on any atom is -0.772 e. The molecule has 0 aliphatic carbocycles. The zero-order chi connectivity index (χ0) is 11.5. The molecular formula is C8H8NO5S-. The van der Waals surface area contributed by atoms with Crippen LogP contribution in [0.15, 0.2) is 30.3 Å². The van der Waals surface area contributed by atoms with Crippen molar-refractivity contribution in [2.45, 2.75) is 5.72 Å². The molecule has 0 heterocycles. The van der Waals surface area contributed by atoms with Crippen molar-refractivity contribution >= 4 is 11.1 Å². The van der Waals surface area contributed by atoms with E-state index in [1.165, 1.54) is 24.3 Å². The van der Waals surface area contributed by atoms with Crippen molar-refractivity contribution in [3.63, 3.8) is 0 Å². The maximum absolute atomic E-state index is 10.6. The predicted octanol–water partition coefficient (Wildman–Crippen LogP) is -0.0125. The van der Waals surface area contributed by atoms with Crippen LogP contribution in [0.1, 0.15) is 5.56 Å². The Morgan fingerprint density at radius 1 is 1.40 bits per heavy atom. The summed E-state index contributed by atoms with van der Waals surface area (Å²) in [5.74, 6) is -0.968. The summed E-state index contributed by atoms with van der Waals surface area (Å²) in [5.41, 5.74) is -2.63. The molecule has 2 atom stereocenters. The van der Waals surface area contributed by atoms with E-state index in [4.69, 9.17) is 0 Å². The zero-order valence-electron chi connectivity index (χ0n) is 7.53. The predicted molar refractivity (Wildman–Crippen MR) is 51.1 cm³/mol. The minimum absolute atomic E-state index is 0.0563. The molecule has 0 bridgehead atoms. The van der Waals surface area contributed by atoms with Crippen LogP contribution in [0.4, 0.5) is 0 Å². The van der Waals surface area contributed by atoms with Gasteiger partial charge in [-0.25, -0.2) is 0 Å². The van der Waals surface area contributed by atoms with Crippen LogP contribution in [-0.4, -0.2) is 24.5 Å². The number of rotatable bonds is 4. The summed E-state index contributed by atoms with van der Waals surface area (Å²) in [6, 6.07) is 7.18. The van der Waals surface area contributed by atoms with E-state index in [1.54, 1.807) is 6.07 Å². The topological polar surface area (TPSA) is 104 Å². The monoisotopic (exact) mass is 230 g/mol. The summed E-state index contributed by atoms with van der Waals surface area (Å²) in [4.78, 5) is 9.62. The maximum atomic E-state index is 10.6. The molecule has 0 aliphatic rings. The van der Waals surface area contributed by atoms with Gasteiger partial charge < -0.3 is 9.66 Å². The molecule has 1 aromatic rings. The van der Waals surface area contributed by atoms with Crippen LogP contribution in [0.3, 0.4) is 0 Å².